The molecule has 9 heteroatoms. The van der Waals surface area contributed by atoms with Crippen molar-refractivity contribution in [3.8, 4) is 5.75 Å². The van der Waals surface area contributed by atoms with Crippen LogP contribution in [0, 0.1) is 0 Å². The smallest absolute Gasteiger partial charge is 0.248 e. The summed E-state index contributed by atoms with van der Waals surface area (Å²) in [5, 5.41) is 5.87. The average molecular weight is 414 g/mol. The Bertz CT molecular complexity index is 888. The van der Waals surface area contributed by atoms with Crippen LogP contribution in [-0.2, 0) is 25.6 Å². The number of likely N-dealkylation sites (tertiary alicyclic amines) is 1. The van der Waals surface area contributed by atoms with Crippen LogP contribution in [-0.4, -0.2) is 77.8 Å². The number of carbonyl (C=O) groups is 4. The van der Waals surface area contributed by atoms with Gasteiger partial charge in [-0.25, -0.2) is 0 Å². The summed E-state index contributed by atoms with van der Waals surface area (Å²) in [5.74, 6) is -0.178. The lowest BCUT2D eigenvalue weighted by Crippen LogP contribution is -2.52. The monoisotopic (exact) mass is 414 g/mol. The van der Waals surface area contributed by atoms with Crippen LogP contribution in [0.25, 0.3) is 0 Å². The summed E-state index contributed by atoms with van der Waals surface area (Å²) in [6, 6.07) is 5.33. The number of methoxy groups -OCH3 is 1. The van der Waals surface area contributed by atoms with Crippen molar-refractivity contribution in [2.45, 2.75) is 50.4 Å². The molecule has 3 aliphatic heterocycles. The molecule has 4 atom stereocenters. The summed E-state index contributed by atoms with van der Waals surface area (Å²) in [5.41, 5.74) is 0.768. The van der Waals surface area contributed by atoms with Gasteiger partial charge in [-0.15, -0.1) is 0 Å². The molecule has 3 heterocycles. The van der Waals surface area contributed by atoms with Crippen LogP contribution in [0.2, 0.25) is 0 Å². The number of carbonyl (C=O) groups excluding carboxylic acids is 4. The minimum Gasteiger partial charge on any atom is -0.496 e. The van der Waals surface area contributed by atoms with E-state index in [1.54, 1.807) is 13.2 Å². The molecule has 4 rings (SSSR count). The summed E-state index contributed by atoms with van der Waals surface area (Å²) < 4.78 is 5.29. The summed E-state index contributed by atoms with van der Waals surface area (Å²) in [4.78, 5) is 53.5. The second kappa shape index (κ2) is 7.97. The molecule has 1 aromatic carbocycles. The molecule has 3 aliphatic rings. The first-order valence-electron chi connectivity index (χ1n) is 10.2. The standard InChI is InChI=1S/C21H26N4O5/c1-12(26)24-8-7-15-19(24)21(29)25-11-14(10-16(25)20(28)23-15)22-18(27)9-13-5-3-4-6-17(13)30-2/h3-6,14-16,19H,7-11H2,1-2H3,(H,22,27)(H,23,28). The van der Waals surface area contributed by atoms with E-state index >= 15 is 0 Å². The van der Waals surface area contributed by atoms with E-state index in [0.717, 1.165) is 5.56 Å². The Balaban J connectivity index is 1.45. The fourth-order valence-corrected chi connectivity index (χ4v) is 4.78. The molecule has 3 saturated heterocycles. The molecule has 0 aliphatic carbocycles. The number of para-hydroxylation sites is 1. The zero-order valence-electron chi connectivity index (χ0n) is 17.1. The largest absolute Gasteiger partial charge is 0.496 e. The van der Waals surface area contributed by atoms with Gasteiger partial charge in [0, 0.05) is 31.6 Å². The van der Waals surface area contributed by atoms with Crippen molar-refractivity contribution in [1.82, 2.24) is 20.4 Å². The Labute approximate surface area is 174 Å². The van der Waals surface area contributed by atoms with Crippen molar-refractivity contribution in [2.24, 2.45) is 0 Å². The van der Waals surface area contributed by atoms with Crippen molar-refractivity contribution in [3.63, 3.8) is 0 Å². The van der Waals surface area contributed by atoms with E-state index in [1.807, 2.05) is 18.2 Å². The number of hydrogen-bond donors (Lipinski definition) is 2. The van der Waals surface area contributed by atoms with Crippen LogP contribution in [0.15, 0.2) is 24.3 Å². The lowest BCUT2D eigenvalue weighted by molar-refractivity contribution is -0.143. The number of nitrogens with zero attached hydrogens (tertiary/aromatic N) is 2. The van der Waals surface area contributed by atoms with E-state index in [9.17, 15) is 19.2 Å². The summed E-state index contributed by atoms with van der Waals surface area (Å²) in [7, 11) is 1.56. The predicted octanol–water partition coefficient (Wildman–Crippen LogP) is -0.557. The predicted molar refractivity (Wildman–Crippen MR) is 106 cm³/mol. The van der Waals surface area contributed by atoms with Gasteiger partial charge in [-0.1, -0.05) is 18.2 Å². The zero-order valence-corrected chi connectivity index (χ0v) is 17.1. The van der Waals surface area contributed by atoms with Gasteiger partial charge in [-0.05, 0) is 18.9 Å². The number of fused-ring (bicyclic) bond motifs is 2. The molecule has 0 bridgehead atoms. The van der Waals surface area contributed by atoms with Gasteiger partial charge in [-0.3, -0.25) is 19.2 Å². The van der Waals surface area contributed by atoms with Crippen molar-refractivity contribution < 1.29 is 23.9 Å². The molecule has 2 N–H and O–H groups in total. The lowest BCUT2D eigenvalue weighted by atomic mass is 10.1. The van der Waals surface area contributed by atoms with E-state index in [2.05, 4.69) is 10.6 Å². The molecule has 0 spiro atoms. The van der Waals surface area contributed by atoms with E-state index < -0.39 is 12.1 Å². The van der Waals surface area contributed by atoms with Crippen molar-refractivity contribution in [3.05, 3.63) is 29.8 Å². The molecule has 9 nitrogen and oxygen atoms in total. The Hall–Kier alpha value is -3.10. The molecule has 4 unspecified atom stereocenters. The highest BCUT2D eigenvalue weighted by Gasteiger charge is 2.51. The molecule has 4 amide bonds. The molecular formula is C21H26N4O5. The highest BCUT2D eigenvalue weighted by molar-refractivity contribution is 5.96. The first-order valence-corrected chi connectivity index (χ1v) is 10.2. The van der Waals surface area contributed by atoms with Crippen molar-refractivity contribution in [1.29, 1.82) is 0 Å². The summed E-state index contributed by atoms with van der Waals surface area (Å²) in [6.07, 6.45) is 1.07. The summed E-state index contributed by atoms with van der Waals surface area (Å²) in [6.45, 7) is 2.14. The number of ether oxygens (including phenoxy) is 1. The number of amides is 4. The Morgan fingerprint density at radius 2 is 2.03 bits per heavy atom. The third kappa shape index (κ3) is 3.59. The number of benzene rings is 1. The van der Waals surface area contributed by atoms with Crippen LogP contribution in [0.5, 0.6) is 5.75 Å². The lowest BCUT2D eigenvalue weighted by Gasteiger charge is -2.28. The molecular weight excluding hydrogens is 388 g/mol. The van der Waals surface area contributed by atoms with Gasteiger partial charge in [0.1, 0.15) is 17.8 Å². The van der Waals surface area contributed by atoms with Crippen molar-refractivity contribution >= 4 is 23.6 Å². The third-order valence-corrected chi connectivity index (χ3v) is 6.18. The highest BCUT2D eigenvalue weighted by atomic mass is 16.5. The minimum absolute atomic E-state index is 0.147. The Morgan fingerprint density at radius 3 is 2.77 bits per heavy atom. The first-order chi connectivity index (χ1) is 14.4. The van der Waals surface area contributed by atoms with Gasteiger partial charge in [0.15, 0.2) is 0 Å². The second-order valence-corrected chi connectivity index (χ2v) is 8.06. The maximum Gasteiger partial charge on any atom is 0.248 e. The highest BCUT2D eigenvalue weighted by Crippen LogP contribution is 2.29. The first kappa shape index (κ1) is 20.2. The molecule has 160 valence electrons. The molecule has 3 fully saturated rings. The van der Waals surface area contributed by atoms with Crippen LogP contribution in [0.4, 0.5) is 0 Å². The van der Waals surface area contributed by atoms with Crippen LogP contribution in [0.1, 0.15) is 25.3 Å². The van der Waals surface area contributed by atoms with Crippen LogP contribution < -0.4 is 15.4 Å². The van der Waals surface area contributed by atoms with Gasteiger partial charge in [0.2, 0.25) is 23.6 Å². The minimum atomic E-state index is -0.667. The van der Waals surface area contributed by atoms with Gasteiger partial charge in [0.05, 0.1) is 19.6 Å². The third-order valence-electron chi connectivity index (χ3n) is 6.18. The van der Waals surface area contributed by atoms with Gasteiger partial charge < -0.3 is 25.2 Å². The van der Waals surface area contributed by atoms with Gasteiger partial charge in [0.25, 0.3) is 0 Å². The molecule has 30 heavy (non-hydrogen) atoms. The number of rotatable bonds is 4. The zero-order chi connectivity index (χ0) is 21.4. The number of hydrogen-bond acceptors (Lipinski definition) is 5. The van der Waals surface area contributed by atoms with Crippen molar-refractivity contribution in [2.75, 3.05) is 20.2 Å². The van der Waals surface area contributed by atoms with Crippen LogP contribution in [0.3, 0.4) is 0 Å². The van der Waals surface area contributed by atoms with E-state index in [-0.39, 0.29) is 48.7 Å². The molecule has 0 aromatic heterocycles. The average Bonchev–Trinajstić information content (AvgIpc) is 3.30. The van der Waals surface area contributed by atoms with E-state index in [1.165, 1.54) is 16.7 Å². The topological polar surface area (TPSA) is 108 Å². The molecule has 0 radical (unpaired) electrons. The SMILES string of the molecule is COc1ccccc1CC(=O)NC1CC2C(=O)NC3CCN(C(C)=O)C3C(=O)N2C1. The number of nitrogens with one attached hydrogen (secondary N) is 2. The fraction of sp³-hybridized carbons (Fsp3) is 0.524. The van der Waals surface area contributed by atoms with Gasteiger partial charge >= 0.3 is 0 Å². The summed E-state index contributed by atoms with van der Waals surface area (Å²) >= 11 is 0. The maximum atomic E-state index is 13.2. The maximum absolute atomic E-state index is 13.2. The van der Waals surface area contributed by atoms with Gasteiger partial charge in [-0.2, -0.15) is 0 Å². The normalized spacial score (nSPS) is 27.8. The van der Waals surface area contributed by atoms with Crippen LogP contribution >= 0.6 is 0 Å². The fourth-order valence-electron chi connectivity index (χ4n) is 4.78. The van der Waals surface area contributed by atoms with E-state index in [0.29, 0.717) is 25.1 Å². The Morgan fingerprint density at radius 1 is 1.27 bits per heavy atom. The second-order valence-electron chi connectivity index (χ2n) is 8.06. The molecule has 0 saturated carbocycles. The molecule has 1 aromatic rings. The quantitative estimate of drug-likeness (QED) is 0.687. The van der Waals surface area contributed by atoms with E-state index in [4.69, 9.17) is 4.74 Å². The Kier molecular flexibility index (Phi) is 5.36.